The van der Waals surface area contributed by atoms with Gasteiger partial charge in [-0.2, -0.15) is 0 Å². The third-order valence-electron chi connectivity index (χ3n) is 5.19. The summed E-state index contributed by atoms with van der Waals surface area (Å²) >= 11 is 0. The molecule has 24 heavy (non-hydrogen) atoms. The zero-order valence-corrected chi connectivity index (χ0v) is 15.0. The lowest BCUT2D eigenvalue weighted by Gasteiger charge is -2.36. The van der Waals surface area contributed by atoms with Crippen LogP contribution in [0.3, 0.4) is 0 Å². The molecule has 2 bridgehead atoms. The number of hydrogen-bond acceptors (Lipinski definition) is 6. The summed E-state index contributed by atoms with van der Waals surface area (Å²) < 4.78 is 11.1. The highest BCUT2D eigenvalue weighted by Crippen LogP contribution is 2.38. The zero-order chi connectivity index (χ0) is 18.0. The number of aliphatic hydroxyl groups is 1. The maximum atomic E-state index is 12.0. The van der Waals surface area contributed by atoms with Crippen molar-refractivity contribution in [2.75, 3.05) is 7.05 Å². The van der Waals surface area contributed by atoms with E-state index in [4.69, 9.17) is 9.47 Å². The third kappa shape index (κ3) is 3.54. The normalized spacial score (nSPS) is 34.2. The fraction of sp³-hybridized carbons (Fsp3) is 0.667. The lowest BCUT2D eigenvalue weighted by Crippen LogP contribution is -2.46. The molecule has 0 saturated carbocycles. The number of likely N-dealkylation sites (N-methyl/N-ethyl adjacent to an activating group) is 1. The Hall–Kier alpha value is -1.66. The molecule has 0 unspecified atom stereocenters. The van der Waals surface area contributed by atoms with Crippen molar-refractivity contribution in [1.29, 1.82) is 0 Å². The van der Waals surface area contributed by atoms with Crippen LogP contribution in [-0.4, -0.2) is 59.4 Å². The van der Waals surface area contributed by atoms with E-state index < -0.39 is 18.2 Å². The predicted octanol–water partition coefficient (Wildman–Crippen LogP) is 1.58. The summed E-state index contributed by atoms with van der Waals surface area (Å²) in [7, 11) is 1.91. The topological polar surface area (TPSA) is 76.1 Å². The van der Waals surface area contributed by atoms with Crippen LogP contribution in [0.1, 0.15) is 40.5 Å². The fourth-order valence-corrected chi connectivity index (χ4v) is 3.35. The van der Waals surface area contributed by atoms with E-state index in [1.165, 1.54) is 0 Å². The maximum Gasteiger partial charge on any atom is 0.333 e. The molecule has 5 atom stereocenters. The summed E-state index contributed by atoms with van der Waals surface area (Å²) in [6.07, 6.45) is 2.82. The zero-order valence-electron chi connectivity index (χ0n) is 15.0. The lowest BCUT2D eigenvalue weighted by atomic mass is 10.00. The van der Waals surface area contributed by atoms with Crippen LogP contribution in [0.5, 0.6) is 0 Å². The van der Waals surface area contributed by atoms with Gasteiger partial charge >= 0.3 is 11.9 Å². The number of nitrogens with zero attached hydrogens (tertiary/aromatic N) is 1. The Labute approximate surface area is 143 Å². The molecule has 1 N–H and O–H groups in total. The minimum Gasteiger partial charge on any atom is -0.459 e. The number of carbonyl (C=O) groups excluding carboxylic acids is 2. The van der Waals surface area contributed by atoms with E-state index in [0.29, 0.717) is 24.0 Å². The minimum absolute atomic E-state index is 0.156. The van der Waals surface area contributed by atoms with E-state index >= 15 is 0 Å². The molecule has 2 aliphatic heterocycles. The van der Waals surface area contributed by atoms with Gasteiger partial charge in [0.05, 0.1) is 6.04 Å². The van der Waals surface area contributed by atoms with Crippen molar-refractivity contribution in [3.63, 3.8) is 0 Å². The van der Waals surface area contributed by atoms with Gasteiger partial charge in [0.1, 0.15) is 18.3 Å². The average Bonchev–Trinajstić information content (AvgIpc) is 2.70. The number of allylic oxidation sites excluding steroid dienone is 2. The Kier molecular flexibility index (Phi) is 5.83. The van der Waals surface area contributed by atoms with Crippen LogP contribution in [0.15, 0.2) is 23.3 Å². The first-order valence-electron chi connectivity index (χ1n) is 8.37. The van der Waals surface area contributed by atoms with Crippen LogP contribution in [0.4, 0.5) is 0 Å². The fourth-order valence-electron chi connectivity index (χ4n) is 3.35. The summed E-state index contributed by atoms with van der Waals surface area (Å²) in [6, 6.07) is -0.341. The van der Waals surface area contributed by atoms with E-state index in [-0.39, 0.29) is 24.2 Å². The Balaban J connectivity index is 2.09. The number of carbonyl (C=O) groups is 2. The molecule has 2 heterocycles. The highest BCUT2D eigenvalue weighted by Gasteiger charge is 2.53. The van der Waals surface area contributed by atoms with E-state index in [0.717, 1.165) is 0 Å². The molecule has 0 amide bonds. The SMILES string of the molecule is C/C=C(\C)C(=O)O[C@@H]1C[C@@H]2[C@@H](O)[C@@H](OC(=O)/C(C)=C/C)[C@H](C1)N2C. The summed E-state index contributed by atoms with van der Waals surface area (Å²) in [5.74, 6) is -0.750. The van der Waals surface area contributed by atoms with Gasteiger partial charge in [-0.05, 0) is 34.7 Å². The van der Waals surface area contributed by atoms with Crippen LogP contribution in [0.2, 0.25) is 0 Å². The average molecular weight is 337 g/mol. The lowest BCUT2D eigenvalue weighted by molar-refractivity contribution is -0.152. The van der Waals surface area contributed by atoms with Crippen LogP contribution in [0.25, 0.3) is 0 Å². The van der Waals surface area contributed by atoms with Gasteiger partial charge in [-0.1, -0.05) is 12.2 Å². The number of hydrogen-bond donors (Lipinski definition) is 1. The van der Waals surface area contributed by atoms with E-state index in [2.05, 4.69) is 0 Å². The molecule has 6 heteroatoms. The summed E-state index contributed by atoms with van der Waals surface area (Å²) in [4.78, 5) is 26.0. The molecule has 2 fully saturated rings. The van der Waals surface area contributed by atoms with Crippen LogP contribution < -0.4 is 0 Å². The molecule has 0 spiro atoms. The molecule has 0 aliphatic carbocycles. The number of rotatable bonds is 4. The number of aliphatic hydroxyl groups excluding tert-OH is 1. The summed E-state index contributed by atoms with van der Waals surface area (Å²) in [6.45, 7) is 6.96. The van der Waals surface area contributed by atoms with Gasteiger partial charge in [-0.15, -0.1) is 0 Å². The second kappa shape index (κ2) is 7.49. The second-order valence-electron chi connectivity index (χ2n) is 6.60. The predicted molar refractivity (Wildman–Crippen MR) is 89.2 cm³/mol. The molecular weight excluding hydrogens is 310 g/mol. The van der Waals surface area contributed by atoms with Crippen molar-refractivity contribution in [1.82, 2.24) is 4.90 Å². The van der Waals surface area contributed by atoms with Crippen molar-refractivity contribution in [2.24, 2.45) is 0 Å². The first-order chi connectivity index (χ1) is 11.3. The molecule has 0 aromatic heterocycles. The highest BCUT2D eigenvalue weighted by molar-refractivity contribution is 5.88. The number of esters is 2. The van der Waals surface area contributed by atoms with Crippen LogP contribution >= 0.6 is 0 Å². The third-order valence-corrected chi connectivity index (χ3v) is 5.19. The van der Waals surface area contributed by atoms with Crippen molar-refractivity contribution in [3.05, 3.63) is 23.3 Å². The van der Waals surface area contributed by atoms with Crippen molar-refractivity contribution >= 4 is 11.9 Å². The van der Waals surface area contributed by atoms with Crippen LogP contribution in [0, 0.1) is 0 Å². The molecule has 2 rings (SSSR count). The number of piperidine rings is 1. The Morgan fingerprint density at radius 2 is 1.50 bits per heavy atom. The van der Waals surface area contributed by atoms with Gasteiger partial charge in [0, 0.05) is 30.0 Å². The van der Waals surface area contributed by atoms with Crippen molar-refractivity contribution in [3.8, 4) is 0 Å². The van der Waals surface area contributed by atoms with Gasteiger partial charge < -0.3 is 14.6 Å². The van der Waals surface area contributed by atoms with Crippen molar-refractivity contribution in [2.45, 2.75) is 70.9 Å². The van der Waals surface area contributed by atoms with Gasteiger partial charge in [0.2, 0.25) is 0 Å². The molecule has 2 aliphatic rings. The molecule has 0 aromatic rings. The first-order valence-corrected chi connectivity index (χ1v) is 8.37. The largest absolute Gasteiger partial charge is 0.459 e. The molecular formula is C18H27NO5. The number of fused-ring (bicyclic) bond motifs is 2. The molecule has 0 radical (unpaired) electrons. The van der Waals surface area contributed by atoms with Gasteiger partial charge in [0.15, 0.2) is 0 Å². The highest BCUT2D eigenvalue weighted by atomic mass is 16.6. The standard InChI is InChI=1S/C18H27NO5/c1-6-10(3)17(21)23-12-8-13-15(20)16(14(9-12)19(13)5)24-18(22)11(4)7-2/h6-7,12-16,20H,8-9H2,1-5H3/b10-6+,11-7+/t12-,13-,14+,15-,16+/m1/s1. The van der Waals surface area contributed by atoms with Crippen molar-refractivity contribution < 1.29 is 24.2 Å². The summed E-state index contributed by atoms with van der Waals surface area (Å²) in [5, 5.41) is 10.5. The Morgan fingerprint density at radius 1 is 1.00 bits per heavy atom. The minimum atomic E-state index is -0.778. The van der Waals surface area contributed by atoms with Gasteiger partial charge in [-0.25, -0.2) is 9.59 Å². The molecule has 6 nitrogen and oxygen atoms in total. The Morgan fingerprint density at radius 3 is 2.04 bits per heavy atom. The summed E-state index contributed by atoms with van der Waals surface area (Å²) in [5.41, 5.74) is 1.08. The quantitative estimate of drug-likeness (QED) is 0.620. The van der Waals surface area contributed by atoms with E-state index in [1.54, 1.807) is 39.8 Å². The van der Waals surface area contributed by atoms with Crippen LogP contribution in [-0.2, 0) is 19.1 Å². The Bertz CT molecular complexity index is 568. The maximum absolute atomic E-state index is 12.0. The molecule has 134 valence electrons. The monoisotopic (exact) mass is 337 g/mol. The van der Waals surface area contributed by atoms with E-state index in [9.17, 15) is 14.7 Å². The molecule has 0 aromatic carbocycles. The molecule has 2 saturated heterocycles. The van der Waals surface area contributed by atoms with Gasteiger partial charge in [0.25, 0.3) is 0 Å². The number of ether oxygens (including phenoxy) is 2. The first kappa shape index (κ1) is 18.7. The smallest absolute Gasteiger partial charge is 0.333 e. The van der Waals surface area contributed by atoms with Gasteiger partial charge in [-0.3, -0.25) is 4.90 Å². The van der Waals surface area contributed by atoms with E-state index in [1.807, 2.05) is 11.9 Å². The second-order valence-corrected chi connectivity index (χ2v) is 6.60.